The number of aromatic nitrogens is 3. The van der Waals surface area contributed by atoms with Gasteiger partial charge in [-0.25, -0.2) is 0 Å². The topological polar surface area (TPSA) is 88.9 Å². The van der Waals surface area contributed by atoms with Gasteiger partial charge < -0.3 is 10.6 Å². The van der Waals surface area contributed by atoms with E-state index in [9.17, 15) is 9.59 Å². The Bertz CT molecular complexity index is 1060. The molecule has 0 fully saturated rings. The number of hydrogen-bond donors (Lipinski definition) is 2. The van der Waals surface area contributed by atoms with Crippen LogP contribution in [0.15, 0.2) is 53.9 Å². The van der Waals surface area contributed by atoms with Crippen molar-refractivity contribution in [3.05, 3.63) is 65.5 Å². The molecule has 0 saturated heterocycles. The molecule has 3 aromatic rings. The minimum Gasteiger partial charge on any atom is -0.351 e. The van der Waals surface area contributed by atoms with E-state index in [4.69, 9.17) is 0 Å². The van der Waals surface area contributed by atoms with Gasteiger partial charge in [-0.05, 0) is 54.8 Å². The van der Waals surface area contributed by atoms with Crippen LogP contribution in [0.4, 0.5) is 5.69 Å². The highest BCUT2D eigenvalue weighted by Gasteiger charge is 2.11. The van der Waals surface area contributed by atoms with Gasteiger partial charge in [-0.2, -0.15) is 0 Å². The Balaban J connectivity index is 1.51. The molecule has 0 saturated carbocycles. The lowest BCUT2D eigenvalue weighted by atomic mass is 10.1. The molecule has 8 heteroatoms. The van der Waals surface area contributed by atoms with Crippen LogP contribution < -0.4 is 10.6 Å². The normalized spacial score (nSPS) is 10.9. The third-order valence-electron chi connectivity index (χ3n) is 4.85. The smallest absolute Gasteiger partial charge is 0.230 e. The molecule has 0 aliphatic rings. The number of amides is 2. The van der Waals surface area contributed by atoms with E-state index in [0.29, 0.717) is 11.7 Å². The molecule has 1 heterocycles. The number of benzene rings is 2. The Morgan fingerprint density at radius 1 is 1.06 bits per heavy atom. The maximum Gasteiger partial charge on any atom is 0.230 e. The molecule has 7 nitrogen and oxygen atoms in total. The lowest BCUT2D eigenvalue weighted by Crippen LogP contribution is -2.24. The summed E-state index contributed by atoms with van der Waals surface area (Å²) < 4.78 is 1.88. The number of nitrogens with one attached hydrogen (secondary N) is 2. The average Bonchev–Trinajstić information content (AvgIpc) is 3.22. The number of anilines is 1. The van der Waals surface area contributed by atoms with Gasteiger partial charge in [0.2, 0.25) is 11.8 Å². The summed E-state index contributed by atoms with van der Waals surface area (Å²) in [7, 11) is 0. The van der Waals surface area contributed by atoms with Crippen LogP contribution in [0.2, 0.25) is 0 Å². The molecule has 1 aromatic heterocycles. The first-order valence-corrected chi connectivity index (χ1v) is 11.1. The fourth-order valence-corrected chi connectivity index (χ4v) is 3.51. The van der Waals surface area contributed by atoms with Crippen molar-refractivity contribution in [2.24, 2.45) is 5.92 Å². The molecule has 0 aliphatic heterocycles. The lowest BCUT2D eigenvalue weighted by molar-refractivity contribution is -0.119. The Kier molecular flexibility index (Phi) is 7.46. The summed E-state index contributed by atoms with van der Waals surface area (Å²) in [5.74, 6) is 0.0624. The number of hydrogen-bond acceptors (Lipinski definition) is 5. The average molecular weight is 438 g/mol. The van der Waals surface area contributed by atoms with Crippen molar-refractivity contribution in [3.63, 3.8) is 0 Å². The van der Waals surface area contributed by atoms with E-state index in [0.717, 1.165) is 16.9 Å². The van der Waals surface area contributed by atoms with Crippen molar-refractivity contribution in [2.45, 2.75) is 39.4 Å². The molecule has 162 valence electrons. The predicted octanol–water partition coefficient (Wildman–Crippen LogP) is 3.89. The van der Waals surface area contributed by atoms with E-state index in [-0.39, 0.29) is 23.5 Å². The van der Waals surface area contributed by atoms with Gasteiger partial charge in [0.15, 0.2) is 5.16 Å². The van der Waals surface area contributed by atoms with Crippen LogP contribution in [0, 0.1) is 19.8 Å². The number of carbonyl (C=O) groups is 2. The predicted molar refractivity (Wildman–Crippen MR) is 123 cm³/mol. The summed E-state index contributed by atoms with van der Waals surface area (Å²) in [4.78, 5) is 24.0. The van der Waals surface area contributed by atoms with Gasteiger partial charge in [0.1, 0.15) is 6.33 Å². The third-order valence-corrected chi connectivity index (χ3v) is 5.80. The second kappa shape index (κ2) is 10.3. The molecular weight excluding hydrogens is 410 g/mol. The minimum atomic E-state index is -0.0863. The number of nitrogens with zero attached hydrogens (tertiary/aromatic N) is 3. The maximum absolute atomic E-state index is 12.3. The van der Waals surface area contributed by atoms with Crippen LogP contribution in [-0.2, 0) is 16.1 Å². The number of thioether (sulfide) groups is 1. The van der Waals surface area contributed by atoms with Crippen molar-refractivity contribution in [3.8, 4) is 5.69 Å². The molecule has 0 atom stereocenters. The van der Waals surface area contributed by atoms with Crippen molar-refractivity contribution in [1.29, 1.82) is 0 Å². The summed E-state index contributed by atoms with van der Waals surface area (Å²) in [6.45, 7) is 8.25. The number of aryl methyl sites for hydroxylation is 2. The number of carbonyl (C=O) groups excluding carboxylic acids is 2. The molecular formula is C23H27N5O2S. The maximum atomic E-state index is 12.3. The van der Waals surface area contributed by atoms with Gasteiger partial charge in [-0.1, -0.05) is 43.8 Å². The first kappa shape index (κ1) is 22.6. The SMILES string of the molecule is Cc1ccc(-n2cnnc2SCC(=O)NCc2ccc(NC(=O)C(C)C)cc2)cc1C. The molecule has 2 N–H and O–H groups in total. The van der Waals surface area contributed by atoms with Gasteiger partial charge in [-0.15, -0.1) is 10.2 Å². The highest BCUT2D eigenvalue weighted by atomic mass is 32.2. The molecule has 3 rings (SSSR count). The summed E-state index contributed by atoms with van der Waals surface area (Å²) in [6.07, 6.45) is 1.66. The zero-order chi connectivity index (χ0) is 22.4. The molecule has 2 aromatic carbocycles. The second-order valence-corrected chi connectivity index (χ2v) is 8.60. The summed E-state index contributed by atoms with van der Waals surface area (Å²) in [5, 5.41) is 14.6. The van der Waals surface area contributed by atoms with E-state index in [1.54, 1.807) is 6.33 Å². The first-order valence-electron chi connectivity index (χ1n) is 10.1. The second-order valence-electron chi connectivity index (χ2n) is 7.66. The Labute approximate surface area is 186 Å². The van der Waals surface area contributed by atoms with Crippen LogP contribution >= 0.6 is 11.8 Å². The van der Waals surface area contributed by atoms with Gasteiger partial charge >= 0.3 is 0 Å². The van der Waals surface area contributed by atoms with E-state index < -0.39 is 0 Å². The molecule has 2 amide bonds. The van der Waals surface area contributed by atoms with Crippen LogP contribution in [0.3, 0.4) is 0 Å². The van der Waals surface area contributed by atoms with Crippen LogP contribution in [-0.4, -0.2) is 32.3 Å². The zero-order valence-corrected chi connectivity index (χ0v) is 19.0. The standard InChI is InChI=1S/C23H27N5O2S/c1-15(2)22(30)26-19-8-6-18(7-9-19)12-24-21(29)13-31-23-27-25-14-28(23)20-10-5-16(3)17(4)11-20/h5-11,14-15H,12-13H2,1-4H3,(H,24,29)(H,26,30). The van der Waals surface area contributed by atoms with Gasteiger partial charge in [0.05, 0.1) is 5.75 Å². The highest BCUT2D eigenvalue weighted by molar-refractivity contribution is 7.99. The molecule has 31 heavy (non-hydrogen) atoms. The minimum absolute atomic E-state index is 0.0216. The fraction of sp³-hybridized carbons (Fsp3) is 0.304. The zero-order valence-electron chi connectivity index (χ0n) is 18.2. The highest BCUT2D eigenvalue weighted by Crippen LogP contribution is 2.21. The Hall–Kier alpha value is -3.13. The third kappa shape index (κ3) is 6.18. The van der Waals surface area contributed by atoms with E-state index >= 15 is 0 Å². The summed E-state index contributed by atoms with van der Waals surface area (Å²) in [5.41, 5.74) is 5.09. The fourth-order valence-electron chi connectivity index (χ4n) is 2.75. The molecule has 0 unspecified atom stereocenters. The first-order chi connectivity index (χ1) is 14.8. The Morgan fingerprint density at radius 2 is 1.81 bits per heavy atom. The van der Waals surface area contributed by atoms with Gasteiger partial charge in [-0.3, -0.25) is 14.2 Å². The van der Waals surface area contributed by atoms with E-state index in [1.807, 2.05) is 48.7 Å². The molecule has 0 aliphatic carbocycles. The van der Waals surface area contributed by atoms with Crippen LogP contribution in [0.1, 0.15) is 30.5 Å². The quantitative estimate of drug-likeness (QED) is 0.522. The van der Waals surface area contributed by atoms with Crippen molar-refractivity contribution in [1.82, 2.24) is 20.1 Å². The van der Waals surface area contributed by atoms with Crippen LogP contribution in [0.5, 0.6) is 0 Å². The van der Waals surface area contributed by atoms with Crippen molar-refractivity contribution < 1.29 is 9.59 Å². The number of rotatable bonds is 8. The summed E-state index contributed by atoms with van der Waals surface area (Å²) in [6, 6.07) is 13.6. The van der Waals surface area contributed by atoms with E-state index in [2.05, 4.69) is 46.8 Å². The van der Waals surface area contributed by atoms with Gasteiger partial charge in [0.25, 0.3) is 0 Å². The monoisotopic (exact) mass is 437 g/mol. The van der Waals surface area contributed by atoms with E-state index in [1.165, 1.54) is 22.9 Å². The Morgan fingerprint density at radius 3 is 2.48 bits per heavy atom. The summed E-state index contributed by atoms with van der Waals surface area (Å²) >= 11 is 1.34. The van der Waals surface area contributed by atoms with Gasteiger partial charge in [0, 0.05) is 23.8 Å². The largest absolute Gasteiger partial charge is 0.351 e. The lowest BCUT2D eigenvalue weighted by Gasteiger charge is -2.10. The van der Waals surface area contributed by atoms with Crippen molar-refractivity contribution >= 4 is 29.3 Å². The molecule has 0 spiro atoms. The van der Waals surface area contributed by atoms with Crippen molar-refractivity contribution in [2.75, 3.05) is 11.1 Å². The van der Waals surface area contributed by atoms with Crippen LogP contribution in [0.25, 0.3) is 5.69 Å². The molecule has 0 bridgehead atoms. The molecule has 0 radical (unpaired) electrons.